The van der Waals surface area contributed by atoms with Crippen molar-refractivity contribution in [2.24, 2.45) is 5.92 Å². The normalized spacial score (nSPS) is 24.7. The van der Waals surface area contributed by atoms with Gasteiger partial charge in [-0.15, -0.1) is 0 Å². The predicted octanol–water partition coefficient (Wildman–Crippen LogP) is 2.05. The van der Waals surface area contributed by atoms with E-state index in [4.69, 9.17) is 0 Å². The van der Waals surface area contributed by atoms with Gasteiger partial charge in [0.1, 0.15) is 0 Å². The monoisotopic (exact) mass is 281 g/mol. The summed E-state index contributed by atoms with van der Waals surface area (Å²) in [6.45, 7) is 10.8. The summed E-state index contributed by atoms with van der Waals surface area (Å²) < 4.78 is 0. The molecule has 1 unspecified atom stereocenters. The number of nitrogens with zero attached hydrogens (tertiary/aromatic N) is 2. The largest absolute Gasteiger partial charge is 0.325 e. The van der Waals surface area contributed by atoms with Crippen LogP contribution in [0.15, 0.2) is 0 Å². The van der Waals surface area contributed by atoms with Crippen LogP contribution < -0.4 is 5.32 Å². The Bertz CT molecular complexity index is 350. The number of carbonyl (C=O) groups is 1. The molecular weight excluding hydrogens is 250 g/mol. The highest BCUT2D eigenvalue weighted by Gasteiger charge is 2.58. The van der Waals surface area contributed by atoms with E-state index in [1.54, 1.807) is 0 Å². The molecule has 1 heterocycles. The third-order valence-electron chi connectivity index (χ3n) is 4.73. The summed E-state index contributed by atoms with van der Waals surface area (Å²) in [7, 11) is 2.16. The second-order valence-electron chi connectivity index (χ2n) is 7.30. The summed E-state index contributed by atoms with van der Waals surface area (Å²) in [5.41, 5.74) is -0.163. The third-order valence-corrected chi connectivity index (χ3v) is 4.73. The predicted molar refractivity (Wildman–Crippen MR) is 82.4 cm³/mol. The molecule has 116 valence electrons. The maximum atomic E-state index is 12.5. The molecule has 1 amide bonds. The molecule has 0 aromatic heterocycles. The Morgan fingerprint density at radius 3 is 2.50 bits per heavy atom. The van der Waals surface area contributed by atoms with Crippen LogP contribution in [0, 0.1) is 5.92 Å². The average Bonchev–Trinajstić information content (AvgIpc) is 3.08. The second kappa shape index (κ2) is 6.02. The smallest absolute Gasteiger partial charge is 0.244 e. The molecule has 2 fully saturated rings. The van der Waals surface area contributed by atoms with Crippen molar-refractivity contribution < 1.29 is 4.79 Å². The van der Waals surface area contributed by atoms with Gasteiger partial charge in [0.15, 0.2) is 0 Å². The number of amides is 1. The van der Waals surface area contributed by atoms with Gasteiger partial charge in [0.05, 0.1) is 11.7 Å². The first kappa shape index (κ1) is 15.8. The maximum absolute atomic E-state index is 12.5. The molecule has 0 radical (unpaired) electrons. The molecule has 0 aromatic rings. The van der Waals surface area contributed by atoms with Gasteiger partial charge in [-0.3, -0.25) is 10.1 Å². The SMILES string of the molecule is CC(C)CC1NC2(CC2)C(=O)N1CCCN(C)C(C)C. The minimum Gasteiger partial charge on any atom is -0.325 e. The van der Waals surface area contributed by atoms with E-state index < -0.39 is 0 Å². The van der Waals surface area contributed by atoms with Crippen LogP contribution in [-0.4, -0.2) is 53.6 Å². The second-order valence-corrected chi connectivity index (χ2v) is 7.30. The van der Waals surface area contributed by atoms with Crippen molar-refractivity contribution in [3.05, 3.63) is 0 Å². The molecule has 1 aliphatic heterocycles. The van der Waals surface area contributed by atoms with Gasteiger partial charge >= 0.3 is 0 Å². The first-order valence-electron chi connectivity index (χ1n) is 8.15. The zero-order chi connectivity index (χ0) is 14.9. The van der Waals surface area contributed by atoms with Crippen LogP contribution in [0.5, 0.6) is 0 Å². The van der Waals surface area contributed by atoms with E-state index in [0.717, 1.165) is 38.8 Å². The van der Waals surface area contributed by atoms with Crippen molar-refractivity contribution in [3.63, 3.8) is 0 Å². The fourth-order valence-electron chi connectivity index (χ4n) is 3.00. The van der Waals surface area contributed by atoms with E-state index in [1.807, 2.05) is 0 Å². The fraction of sp³-hybridized carbons (Fsp3) is 0.938. The molecule has 1 N–H and O–H groups in total. The van der Waals surface area contributed by atoms with Gasteiger partial charge in [-0.25, -0.2) is 0 Å². The van der Waals surface area contributed by atoms with Crippen molar-refractivity contribution in [1.82, 2.24) is 15.1 Å². The van der Waals surface area contributed by atoms with Crippen molar-refractivity contribution >= 4 is 5.91 Å². The highest BCUT2D eigenvalue weighted by atomic mass is 16.2. The molecule has 4 heteroatoms. The minimum atomic E-state index is -0.163. The Hall–Kier alpha value is -0.610. The summed E-state index contributed by atoms with van der Waals surface area (Å²) in [6.07, 6.45) is 4.45. The quantitative estimate of drug-likeness (QED) is 0.776. The minimum absolute atomic E-state index is 0.163. The summed E-state index contributed by atoms with van der Waals surface area (Å²) >= 11 is 0. The standard InChI is InChI=1S/C16H31N3O/c1-12(2)11-14-17-16(7-8-16)15(20)19(14)10-6-9-18(5)13(3)4/h12-14,17H,6-11H2,1-5H3. The van der Waals surface area contributed by atoms with Crippen molar-refractivity contribution in [2.75, 3.05) is 20.1 Å². The molecular formula is C16H31N3O. The molecule has 1 spiro atoms. The molecule has 1 atom stereocenters. The van der Waals surface area contributed by atoms with Crippen LogP contribution >= 0.6 is 0 Å². The van der Waals surface area contributed by atoms with E-state index in [1.165, 1.54) is 0 Å². The third kappa shape index (κ3) is 3.34. The molecule has 1 saturated heterocycles. The highest BCUT2D eigenvalue weighted by molar-refractivity contribution is 5.91. The zero-order valence-electron chi connectivity index (χ0n) is 13.8. The summed E-state index contributed by atoms with van der Waals surface area (Å²) in [5.74, 6) is 0.977. The van der Waals surface area contributed by atoms with Gasteiger partial charge in [-0.2, -0.15) is 0 Å². The lowest BCUT2D eigenvalue weighted by molar-refractivity contribution is -0.131. The lowest BCUT2D eigenvalue weighted by Crippen LogP contribution is -2.40. The van der Waals surface area contributed by atoms with E-state index >= 15 is 0 Å². The number of carbonyl (C=O) groups excluding carboxylic acids is 1. The van der Waals surface area contributed by atoms with Crippen LogP contribution in [-0.2, 0) is 4.79 Å². The van der Waals surface area contributed by atoms with Gasteiger partial charge in [0.2, 0.25) is 5.91 Å². The first-order valence-corrected chi connectivity index (χ1v) is 8.15. The summed E-state index contributed by atoms with van der Waals surface area (Å²) in [5, 5.41) is 3.60. The topological polar surface area (TPSA) is 35.6 Å². The van der Waals surface area contributed by atoms with Crippen LogP contribution in [0.4, 0.5) is 0 Å². The lowest BCUT2D eigenvalue weighted by Gasteiger charge is -2.27. The Labute approximate surface area is 123 Å². The molecule has 20 heavy (non-hydrogen) atoms. The number of rotatable bonds is 7. The van der Waals surface area contributed by atoms with Gasteiger partial charge in [-0.05, 0) is 59.0 Å². The lowest BCUT2D eigenvalue weighted by atomic mass is 10.1. The maximum Gasteiger partial charge on any atom is 0.244 e. The Morgan fingerprint density at radius 1 is 1.35 bits per heavy atom. The van der Waals surface area contributed by atoms with E-state index in [2.05, 4.69) is 49.9 Å². The van der Waals surface area contributed by atoms with E-state index in [-0.39, 0.29) is 11.7 Å². The fourth-order valence-corrected chi connectivity index (χ4v) is 3.00. The Morgan fingerprint density at radius 2 is 2.00 bits per heavy atom. The Balaban J connectivity index is 1.88. The zero-order valence-corrected chi connectivity index (χ0v) is 13.8. The number of hydrogen-bond donors (Lipinski definition) is 1. The van der Waals surface area contributed by atoms with Crippen LogP contribution in [0.25, 0.3) is 0 Å². The van der Waals surface area contributed by atoms with E-state index in [9.17, 15) is 4.79 Å². The van der Waals surface area contributed by atoms with Gasteiger partial charge in [0.25, 0.3) is 0 Å². The molecule has 2 rings (SSSR count). The summed E-state index contributed by atoms with van der Waals surface area (Å²) in [6, 6.07) is 0.573. The van der Waals surface area contributed by atoms with Crippen LogP contribution in [0.2, 0.25) is 0 Å². The molecule has 1 aliphatic carbocycles. The molecule has 1 saturated carbocycles. The molecule has 0 bridgehead atoms. The van der Waals surface area contributed by atoms with Gasteiger partial charge < -0.3 is 9.80 Å². The van der Waals surface area contributed by atoms with Crippen molar-refractivity contribution in [2.45, 2.75) is 71.1 Å². The van der Waals surface area contributed by atoms with E-state index in [0.29, 0.717) is 17.9 Å². The molecule has 4 nitrogen and oxygen atoms in total. The number of nitrogens with one attached hydrogen (secondary N) is 1. The summed E-state index contributed by atoms with van der Waals surface area (Å²) in [4.78, 5) is 17.0. The van der Waals surface area contributed by atoms with Crippen molar-refractivity contribution in [1.29, 1.82) is 0 Å². The average molecular weight is 281 g/mol. The van der Waals surface area contributed by atoms with Crippen LogP contribution in [0.3, 0.4) is 0 Å². The highest BCUT2D eigenvalue weighted by Crippen LogP contribution is 2.43. The van der Waals surface area contributed by atoms with Gasteiger partial charge in [0, 0.05) is 12.6 Å². The number of hydrogen-bond acceptors (Lipinski definition) is 3. The van der Waals surface area contributed by atoms with Crippen molar-refractivity contribution in [3.8, 4) is 0 Å². The van der Waals surface area contributed by atoms with Gasteiger partial charge in [-0.1, -0.05) is 13.8 Å². The van der Waals surface area contributed by atoms with Crippen LogP contribution in [0.1, 0.15) is 53.4 Å². The first-order chi connectivity index (χ1) is 9.35. The molecule has 0 aromatic carbocycles. The Kier molecular flexibility index (Phi) is 4.75. The molecule has 2 aliphatic rings.